The zero-order chi connectivity index (χ0) is 13.4. The average Bonchev–Trinajstić information content (AvgIpc) is 2.82. The van der Waals surface area contributed by atoms with Crippen molar-refractivity contribution in [3.05, 3.63) is 10.3 Å². The molecule has 1 amide bonds. The standard InChI is InChI=1S/C14H19NO3S/c1-9-4-3-5-10(2)15(9)14(16)13-12-11(8-19-13)17-6-7-18-12/h8-10H,3-7H2,1-2H3/t9-,10-/m0/s1. The van der Waals surface area contributed by atoms with Gasteiger partial charge < -0.3 is 14.4 Å². The Balaban J connectivity index is 1.89. The zero-order valence-corrected chi connectivity index (χ0v) is 12.2. The lowest BCUT2D eigenvalue weighted by Gasteiger charge is -2.39. The molecule has 3 heterocycles. The molecule has 0 aliphatic carbocycles. The van der Waals surface area contributed by atoms with Crippen LogP contribution in [0.2, 0.25) is 0 Å². The molecule has 0 bridgehead atoms. The number of carbonyl (C=O) groups is 1. The molecule has 1 saturated heterocycles. The van der Waals surface area contributed by atoms with Gasteiger partial charge in [-0.3, -0.25) is 4.79 Å². The lowest BCUT2D eigenvalue weighted by atomic mass is 9.97. The van der Waals surface area contributed by atoms with Crippen LogP contribution in [-0.4, -0.2) is 36.1 Å². The van der Waals surface area contributed by atoms with Crippen LogP contribution in [0.15, 0.2) is 5.38 Å². The highest BCUT2D eigenvalue weighted by Crippen LogP contribution is 2.41. The van der Waals surface area contributed by atoms with Gasteiger partial charge in [-0.25, -0.2) is 0 Å². The van der Waals surface area contributed by atoms with Crippen molar-refractivity contribution in [1.29, 1.82) is 0 Å². The molecule has 3 rings (SSSR count). The number of hydrogen-bond acceptors (Lipinski definition) is 4. The predicted molar refractivity (Wildman–Crippen MR) is 74.3 cm³/mol. The third kappa shape index (κ3) is 2.20. The summed E-state index contributed by atoms with van der Waals surface area (Å²) in [4.78, 5) is 15.5. The maximum absolute atomic E-state index is 12.8. The lowest BCUT2D eigenvalue weighted by Crippen LogP contribution is -2.47. The van der Waals surface area contributed by atoms with Gasteiger partial charge in [-0.1, -0.05) is 0 Å². The third-order valence-electron chi connectivity index (χ3n) is 3.92. The topological polar surface area (TPSA) is 38.8 Å². The van der Waals surface area contributed by atoms with E-state index < -0.39 is 0 Å². The molecule has 5 heteroatoms. The molecule has 2 aliphatic heterocycles. The van der Waals surface area contributed by atoms with Crippen LogP contribution in [0.3, 0.4) is 0 Å². The molecule has 4 nitrogen and oxygen atoms in total. The van der Waals surface area contributed by atoms with Crippen molar-refractivity contribution in [1.82, 2.24) is 4.90 Å². The summed E-state index contributed by atoms with van der Waals surface area (Å²) in [5.74, 6) is 1.46. The smallest absolute Gasteiger partial charge is 0.268 e. The molecule has 1 aromatic heterocycles. The normalized spacial score (nSPS) is 26.3. The van der Waals surface area contributed by atoms with Crippen LogP contribution >= 0.6 is 11.3 Å². The van der Waals surface area contributed by atoms with Crippen molar-refractivity contribution in [3.63, 3.8) is 0 Å². The number of ether oxygens (including phenoxy) is 2. The second kappa shape index (κ2) is 5.04. The maximum Gasteiger partial charge on any atom is 0.268 e. The van der Waals surface area contributed by atoms with E-state index in [1.54, 1.807) is 0 Å². The van der Waals surface area contributed by atoms with Gasteiger partial charge in [0.25, 0.3) is 5.91 Å². The first-order valence-electron chi connectivity index (χ1n) is 6.88. The number of carbonyl (C=O) groups excluding carboxylic acids is 1. The van der Waals surface area contributed by atoms with Crippen molar-refractivity contribution < 1.29 is 14.3 Å². The number of thiophene rings is 1. The minimum atomic E-state index is 0.0939. The van der Waals surface area contributed by atoms with Gasteiger partial charge in [-0.2, -0.15) is 0 Å². The first kappa shape index (κ1) is 12.8. The Morgan fingerprint density at radius 3 is 2.68 bits per heavy atom. The van der Waals surface area contributed by atoms with Gasteiger partial charge in [0, 0.05) is 17.5 Å². The molecule has 0 radical (unpaired) electrons. The summed E-state index contributed by atoms with van der Waals surface area (Å²) in [6, 6.07) is 0.608. The number of likely N-dealkylation sites (tertiary alicyclic amines) is 1. The molecule has 0 unspecified atom stereocenters. The van der Waals surface area contributed by atoms with Crippen LogP contribution in [0.4, 0.5) is 0 Å². The number of amides is 1. The van der Waals surface area contributed by atoms with E-state index in [0.29, 0.717) is 35.9 Å². The summed E-state index contributed by atoms with van der Waals surface area (Å²) in [7, 11) is 0. The molecule has 0 spiro atoms. The van der Waals surface area contributed by atoms with Crippen LogP contribution in [0.1, 0.15) is 42.8 Å². The fourth-order valence-electron chi connectivity index (χ4n) is 2.95. The minimum Gasteiger partial charge on any atom is -0.485 e. The lowest BCUT2D eigenvalue weighted by molar-refractivity contribution is 0.0508. The highest BCUT2D eigenvalue weighted by Gasteiger charge is 2.33. The van der Waals surface area contributed by atoms with E-state index in [-0.39, 0.29) is 5.91 Å². The molecule has 0 aromatic carbocycles. The van der Waals surface area contributed by atoms with E-state index in [9.17, 15) is 4.79 Å². The summed E-state index contributed by atoms with van der Waals surface area (Å²) in [6.07, 6.45) is 3.37. The Hall–Kier alpha value is -1.23. The molecule has 1 fully saturated rings. The minimum absolute atomic E-state index is 0.0939. The average molecular weight is 281 g/mol. The summed E-state index contributed by atoms with van der Waals surface area (Å²) < 4.78 is 11.1. The van der Waals surface area contributed by atoms with E-state index >= 15 is 0 Å². The summed E-state index contributed by atoms with van der Waals surface area (Å²) in [6.45, 7) is 5.35. The van der Waals surface area contributed by atoms with E-state index in [2.05, 4.69) is 13.8 Å². The monoisotopic (exact) mass is 281 g/mol. The largest absolute Gasteiger partial charge is 0.485 e. The summed E-state index contributed by atoms with van der Waals surface area (Å²) in [5.41, 5.74) is 0. The number of piperidine rings is 1. The molecule has 0 saturated carbocycles. The van der Waals surface area contributed by atoms with E-state index in [0.717, 1.165) is 18.6 Å². The van der Waals surface area contributed by atoms with Crippen molar-refractivity contribution in [2.45, 2.75) is 45.2 Å². The van der Waals surface area contributed by atoms with Crippen molar-refractivity contribution in [2.75, 3.05) is 13.2 Å². The van der Waals surface area contributed by atoms with Gasteiger partial charge in [0.05, 0.1) is 0 Å². The maximum atomic E-state index is 12.8. The van der Waals surface area contributed by atoms with Gasteiger partial charge in [0.2, 0.25) is 0 Å². The van der Waals surface area contributed by atoms with Crippen LogP contribution < -0.4 is 9.47 Å². The Morgan fingerprint density at radius 2 is 1.95 bits per heavy atom. The molecule has 0 N–H and O–H groups in total. The van der Waals surface area contributed by atoms with Gasteiger partial charge in [0.15, 0.2) is 11.5 Å². The first-order valence-corrected chi connectivity index (χ1v) is 7.76. The molecule has 1 aromatic rings. The number of nitrogens with zero attached hydrogens (tertiary/aromatic N) is 1. The van der Waals surface area contributed by atoms with Crippen molar-refractivity contribution >= 4 is 17.2 Å². The van der Waals surface area contributed by atoms with Crippen LogP contribution in [0.25, 0.3) is 0 Å². The Bertz CT molecular complexity index is 475. The zero-order valence-electron chi connectivity index (χ0n) is 11.3. The first-order chi connectivity index (χ1) is 9.18. The number of hydrogen-bond donors (Lipinski definition) is 0. The molecular weight excluding hydrogens is 262 g/mol. The molecule has 2 aliphatic rings. The Morgan fingerprint density at radius 1 is 1.26 bits per heavy atom. The number of rotatable bonds is 1. The fourth-order valence-corrected chi connectivity index (χ4v) is 3.82. The predicted octanol–water partition coefficient (Wildman–Crippen LogP) is 2.92. The summed E-state index contributed by atoms with van der Waals surface area (Å²) in [5, 5.41) is 1.88. The summed E-state index contributed by atoms with van der Waals surface area (Å²) >= 11 is 1.43. The van der Waals surface area contributed by atoms with Crippen molar-refractivity contribution in [2.24, 2.45) is 0 Å². The highest BCUT2D eigenvalue weighted by molar-refractivity contribution is 7.12. The van der Waals surface area contributed by atoms with E-state index in [1.165, 1.54) is 17.8 Å². The number of fused-ring (bicyclic) bond motifs is 1. The van der Waals surface area contributed by atoms with Crippen LogP contribution in [-0.2, 0) is 0 Å². The fraction of sp³-hybridized carbons (Fsp3) is 0.643. The second-order valence-electron chi connectivity index (χ2n) is 5.30. The van der Waals surface area contributed by atoms with Gasteiger partial charge >= 0.3 is 0 Å². The van der Waals surface area contributed by atoms with Gasteiger partial charge in [0.1, 0.15) is 18.1 Å². The third-order valence-corrected chi connectivity index (χ3v) is 4.85. The van der Waals surface area contributed by atoms with Gasteiger partial charge in [-0.05, 0) is 33.1 Å². The SMILES string of the molecule is C[C@H]1CCC[C@H](C)N1C(=O)c1scc2c1OCCO2. The molecule has 104 valence electrons. The van der Waals surface area contributed by atoms with Crippen molar-refractivity contribution in [3.8, 4) is 11.5 Å². The second-order valence-corrected chi connectivity index (χ2v) is 6.18. The van der Waals surface area contributed by atoms with E-state index in [4.69, 9.17) is 9.47 Å². The Labute approximate surface area is 117 Å². The molecular formula is C14H19NO3S. The van der Waals surface area contributed by atoms with Gasteiger partial charge in [-0.15, -0.1) is 11.3 Å². The highest BCUT2D eigenvalue weighted by atomic mass is 32.1. The quantitative estimate of drug-likeness (QED) is 0.794. The molecule has 19 heavy (non-hydrogen) atoms. The van der Waals surface area contributed by atoms with E-state index in [1.807, 2.05) is 10.3 Å². The Kier molecular flexibility index (Phi) is 3.39. The van der Waals surface area contributed by atoms with Crippen LogP contribution in [0.5, 0.6) is 11.5 Å². The molecule has 2 atom stereocenters. The van der Waals surface area contributed by atoms with Crippen LogP contribution in [0, 0.1) is 0 Å².